The molecule has 3 aromatic rings. The number of rotatable bonds is 6. The molecular weight excluding hydrogens is 446 g/mol. The summed E-state index contributed by atoms with van der Waals surface area (Å²) in [6, 6.07) is 9.71. The first-order valence-electron chi connectivity index (χ1n) is 12.2. The first kappa shape index (κ1) is 22.2. The molecule has 0 radical (unpaired) electrons. The Morgan fingerprint density at radius 2 is 1.94 bits per heavy atom. The van der Waals surface area contributed by atoms with Crippen LogP contribution in [-0.4, -0.2) is 45.2 Å². The predicted molar refractivity (Wildman–Crippen MR) is 131 cm³/mol. The van der Waals surface area contributed by atoms with Crippen LogP contribution in [0.1, 0.15) is 49.1 Å². The van der Waals surface area contributed by atoms with Gasteiger partial charge in [0.1, 0.15) is 5.65 Å². The molecule has 9 nitrogen and oxygen atoms in total. The van der Waals surface area contributed by atoms with Crippen molar-refractivity contribution in [3.05, 3.63) is 57.6 Å². The fourth-order valence-electron chi connectivity index (χ4n) is 5.47. The van der Waals surface area contributed by atoms with Gasteiger partial charge in [-0.3, -0.25) is 9.59 Å². The molecule has 3 fully saturated rings. The van der Waals surface area contributed by atoms with Gasteiger partial charge in [-0.05, 0) is 75.8 Å². The highest BCUT2D eigenvalue weighted by Crippen LogP contribution is 2.46. The van der Waals surface area contributed by atoms with Crippen molar-refractivity contribution < 1.29 is 14.3 Å². The Morgan fingerprint density at radius 1 is 1.09 bits per heavy atom. The van der Waals surface area contributed by atoms with Crippen LogP contribution >= 0.6 is 0 Å². The second kappa shape index (κ2) is 8.42. The molecule has 182 valence electrons. The number of pyridine rings is 3. The van der Waals surface area contributed by atoms with Gasteiger partial charge in [0.2, 0.25) is 0 Å². The van der Waals surface area contributed by atoms with Crippen LogP contribution in [0, 0.1) is 6.92 Å². The number of carbonyl (C=O) groups is 1. The Hall–Kier alpha value is -3.30. The molecule has 0 aromatic carbocycles. The fourth-order valence-corrected chi connectivity index (χ4v) is 5.47. The minimum Gasteiger partial charge on any atom is -0.480 e. The van der Waals surface area contributed by atoms with Gasteiger partial charge < -0.3 is 25.1 Å². The number of hydrogen-bond donors (Lipinski definition) is 3. The van der Waals surface area contributed by atoms with E-state index in [1.165, 1.54) is 0 Å². The largest absolute Gasteiger partial charge is 0.480 e. The number of aromatic amines is 1. The molecule has 1 saturated carbocycles. The van der Waals surface area contributed by atoms with E-state index < -0.39 is 0 Å². The Labute approximate surface area is 202 Å². The van der Waals surface area contributed by atoms with Crippen molar-refractivity contribution >= 4 is 22.8 Å². The van der Waals surface area contributed by atoms with E-state index in [9.17, 15) is 9.59 Å². The molecule has 0 atom stereocenters. The summed E-state index contributed by atoms with van der Waals surface area (Å²) in [5.74, 6) is 0.900. The van der Waals surface area contributed by atoms with Gasteiger partial charge in [0.05, 0.1) is 17.9 Å². The van der Waals surface area contributed by atoms with Crippen LogP contribution in [0.4, 0.5) is 5.82 Å². The first-order valence-corrected chi connectivity index (χ1v) is 12.2. The average molecular weight is 476 g/mol. The molecule has 7 rings (SSSR count). The van der Waals surface area contributed by atoms with Crippen LogP contribution in [0.25, 0.3) is 11.0 Å². The molecule has 35 heavy (non-hydrogen) atoms. The van der Waals surface area contributed by atoms with E-state index in [0.717, 1.165) is 54.4 Å². The highest BCUT2D eigenvalue weighted by molar-refractivity contribution is 5.94. The maximum atomic E-state index is 12.6. The van der Waals surface area contributed by atoms with Gasteiger partial charge >= 0.3 is 0 Å². The van der Waals surface area contributed by atoms with E-state index in [-0.39, 0.29) is 29.2 Å². The van der Waals surface area contributed by atoms with E-state index in [1.54, 1.807) is 0 Å². The molecule has 9 heteroatoms. The molecule has 6 heterocycles. The van der Waals surface area contributed by atoms with Crippen molar-refractivity contribution in [1.82, 2.24) is 20.3 Å². The SMILES string of the molecule is Cc1ccc2cc(CCC34CCC(NCc5ccc6c(n5)NC(=O)CO6)(CC3)CO4)c(=O)[nH]c2n1. The summed E-state index contributed by atoms with van der Waals surface area (Å²) < 4.78 is 11.8. The Kier molecular flexibility index (Phi) is 5.34. The van der Waals surface area contributed by atoms with Gasteiger partial charge in [0.15, 0.2) is 18.2 Å². The zero-order chi connectivity index (χ0) is 24.0. The van der Waals surface area contributed by atoms with Crippen molar-refractivity contribution in [1.29, 1.82) is 0 Å². The van der Waals surface area contributed by atoms with E-state index in [2.05, 4.69) is 25.6 Å². The fraction of sp³-hybridized carbons (Fsp3) is 0.462. The number of nitrogens with one attached hydrogen (secondary N) is 3. The quantitative estimate of drug-likeness (QED) is 0.502. The maximum absolute atomic E-state index is 12.6. The van der Waals surface area contributed by atoms with Crippen LogP contribution in [0.15, 0.2) is 35.1 Å². The Bertz CT molecular complexity index is 1340. The molecular formula is C26H29N5O4. The van der Waals surface area contributed by atoms with Gasteiger partial charge in [-0.25, -0.2) is 9.97 Å². The minimum atomic E-state index is -0.185. The van der Waals surface area contributed by atoms with E-state index in [0.29, 0.717) is 36.8 Å². The lowest BCUT2D eigenvalue weighted by atomic mass is 9.69. The number of anilines is 1. The monoisotopic (exact) mass is 475 g/mol. The Balaban J connectivity index is 1.07. The number of H-pyrrole nitrogens is 1. The summed E-state index contributed by atoms with van der Waals surface area (Å²) in [7, 11) is 0. The first-order chi connectivity index (χ1) is 16.9. The second-order valence-corrected chi connectivity index (χ2v) is 10.1. The number of aryl methyl sites for hydroxylation is 2. The number of aromatic nitrogens is 3. The molecule has 3 aromatic heterocycles. The summed E-state index contributed by atoms with van der Waals surface area (Å²) in [4.78, 5) is 36.1. The summed E-state index contributed by atoms with van der Waals surface area (Å²) in [5.41, 5.74) is 2.88. The lowest BCUT2D eigenvalue weighted by molar-refractivity contribution is -0.165. The number of fused-ring (bicyclic) bond motifs is 5. The third kappa shape index (κ3) is 4.30. The van der Waals surface area contributed by atoms with Crippen molar-refractivity contribution in [3.63, 3.8) is 0 Å². The van der Waals surface area contributed by atoms with Gasteiger partial charge in [-0.2, -0.15) is 0 Å². The van der Waals surface area contributed by atoms with Gasteiger partial charge in [0.25, 0.3) is 11.5 Å². The standard InChI is InChI=1S/C26H29N5O4/c1-16-2-3-17-12-18(24(33)31-22(17)28-16)6-7-26-10-8-25(9-11-26,15-35-26)27-13-19-4-5-20-23(29-19)30-21(32)14-34-20/h2-5,12,27H,6-11,13-15H2,1H3,(H,28,31,33)(H,29,30,32). The second-order valence-electron chi connectivity index (χ2n) is 10.1. The molecule has 4 aliphatic rings. The normalized spacial score (nSPS) is 25.2. The minimum absolute atomic E-state index is 0.0284. The van der Waals surface area contributed by atoms with Crippen molar-refractivity contribution in [2.75, 3.05) is 18.5 Å². The number of amides is 1. The van der Waals surface area contributed by atoms with Gasteiger partial charge in [0, 0.05) is 28.7 Å². The molecule has 3 N–H and O–H groups in total. The maximum Gasteiger partial charge on any atom is 0.263 e. The van der Waals surface area contributed by atoms with Crippen molar-refractivity contribution in [2.24, 2.45) is 0 Å². The summed E-state index contributed by atoms with van der Waals surface area (Å²) in [6.45, 7) is 3.19. The summed E-state index contributed by atoms with van der Waals surface area (Å²) in [5, 5.41) is 7.40. The van der Waals surface area contributed by atoms with Crippen molar-refractivity contribution in [3.8, 4) is 5.75 Å². The highest BCUT2D eigenvalue weighted by atomic mass is 16.5. The number of nitrogens with zero attached hydrogens (tertiary/aromatic N) is 2. The molecule has 0 unspecified atom stereocenters. The predicted octanol–water partition coefficient (Wildman–Crippen LogP) is 2.76. The lowest BCUT2D eigenvalue weighted by Crippen LogP contribution is -2.61. The lowest BCUT2D eigenvalue weighted by Gasteiger charge is -2.53. The highest BCUT2D eigenvalue weighted by Gasteiger charge is 2.49. The molecule has 1 aliphatic carbocycles. The van der Waals surface area contributed by atoms with Gasteiger partial charge in [-0.15, -0.1) is 0 Å². The van der Waals surface area contributed by atoms with E-state index in [1.807, 2.05) is 37.3 Å². The number of hydrogen-bond acceptors (Lipinski definition) is 7. The van der Waals surface area contributed by atoms with Crippen LogP contribution < -0.4 is 20.9 Å². The molecule has 1 amide bonds. The summed E-state index contributed by atoms with van der Waals surface area (Å²) in [6.07, 6.45) is 5.50. The average Bonchev–Trinajstić information content (AvgIpc) is 2.87. The molecule has 0 spiro atoms. The smallest absolute Gasteiger partial charge is 0.263 e. The van der Waals surface area contributed by atoms with E-state index in [4.69, 9.17) is 9.47 Å². The van der Waals surface area contributed by atoms with Crippen LogP contribution in [0.2, 0.25) is 0 Å². The van der Waals surface area contributed by atoms with E-state index >= 15 is 0 Å². The number of carbonyl (C=O) groups excluding carboxylic acids is 1. The molecule has 3 aliphatic heterocycles. The topological polar surface area (TPSA) is 118 Å². The molecule has 2 saturated heterocycles. The third-order valence-corrected chi connectivity index (χ3v) is 7.72. The Morgan fingerprint density at radius 3 is 2.74 bits per heavy atom. The zero-order valence-electron chi connectivity index (χ0n) is 19.8. The third-order valence-electron chi connectivity index (χ3n) is 7.72. The van der Waals surface area contributed by atoms with Crippen LogP contribution in [0.3, 0.4) is 0 Å². The molecule has 2 bridgehead atoms. The van der Waals surface area contributed by atoms with Crippen molar-refractivity contribution in [2.45, 2.75) is 63.1 Å². The zero-order valence-corrected chi connectivity index (χ0v) is 19.8. The van der Waals surface area contributed by atoms with Crippen LogP contribution in [0.5, 0.6) is 5.75 Å². The number of ether oxygens (including phenoxy) is 2. The van der Waals surface area contributed by atoms with Crippen LogP contribution in [-0.2, 0) is 22.5 Å². The van der Waals surface area contributed by atoms with Gasteiger partial charge in [-0.1, -0.05) is 0 Å². The summed E-state index contributed by atoms with van der Waals surface area (Å²) >= 11 is 0.